The molecular weight excluding hydrogens is 383 g/mol. The molecular formula is C17H17FN8OS. The zero-order valence-electron chi connectivity index (χ0n) is 15.2. The smallest absolute Gasteiger partial charge is 0.167 e. The Morgan fingerprint density at radius 3 is 2.93 bits per heavy atom. The van der Waals surface area contributed by atoms with E-state index in [1.807, 2.05) is 6.07 Å². The molecule has 0 unspecified atom stereocenters. The Morgan fingerprint density at radius 1 is 1.39 bits per heavy atom. The number of H-pyrrole nitrogens is 2. The summed E-state index contributed by atoms with van der Waals surface area (Å²) in [5.41, 5.74) is 3.22. The molecule has 144 valence electrons. The summed E-state index contributed by atoms with van der Waals surface area (Å²) in [4.78, 5) is 16.3. The third-order valence-electron chi connectivity index (χ3n) is 4.30. The van der Waals surface area contributed by atoms with Crippen LogP contribution in [0, 0.1) is 5.82 Å². The second-order valence-corrected chi connectivity index (χ2v) is 7.34. The number of nitrogens with one attached hydrogen (secondary N) is 2. The zero-order chi connectivity index (χ0) is 19.7. The summed E-state index contributed by atoms with van der Waals surface area (Å²) >= 11 is 1.51. The predicted molar refractivity (Wildman–Crippen MR) is 103 cm³/mol. The van der Waals surface area contributed by atoms with Gasteiger partial charge in [-0.25, -0.2) is 9.37 Å². The van der Waals surface area contributed by atoms with Gasteiger partial charge in [0.1, 0.15) is 5.01 Å². The minimum absolute atomic E-state index is 0.225. The number of rotatable bonds is 7. The number of hydrogen-bond acceptors (Lipinski definition) is 7. The van der Waals surface area contributed by atoms with Crippen molar-refractivity contribution in [1.82, 2.24) is 35.0 Å². The zero-order valence-corrected chi connectivity index (χ0v) is 16.0. The van der Waals surface area contributed by atoms with Crippen LogP contribution in [0.4, 0.5) is 4.39 Å². The summed E-state index contributed by atoms with van der Waals surface area (Å²) < 4.78 is 16.2. The molecule has 0 aliphatic carbocycles. The van der Waals surface area contributed by atoms with Crippen molar-refractivity contribution in [3.05, 3.63) is 51.9 Å². The Bertz CT molecular complexity index is 1140. The van der Waals surface area contributed by atoms with Crippen molar-refractivity contribution >= 4 is 34.2 Å². The van der Waals surface area contributed by atoms with Gasteiger partial charge in [0.15, 0.2) is 17.8 Å². The highest BCUT2D eigenvalue weighted by atomic mass is 32.1. The maximum Gasteiger partial charge on any atom is 0.167 e. The fourth-order valence-corrected chi connectivity index (χ4v) is 4.03. The van der Waals surface area contributed by atoms with Crippen LogP contribution in [0.15, 0.2) is 23.6 Å². The number of fused-ring (bicyclic) bond motifs is 1. The third kappa shape index (κ3) is 3.31. The maximum absolute atomic E-state index is 13.5. The van der Waals surface area contributed by atoms with Crippen molar-refractivity contribution in [2.45, 2.75) is 13.0 Å². The normalized spacial score (nSPS) is 11.7. The van der Waals surface area contributed by atoms with Crippen molar-refractivity contribution in [2.24, 2.45) is 12.1 Å². The summed E-state index contributed by atoms with van der Waals surface area (Å²) in [5.74, 6) is -0.413. The second-order valence-electron chi connectivity index (χ2n) is 6.25. The molecule has 4 aromatic heterocycles. The van der Waals surface area contributed by atoms with E-state index in [1.165, 1.54) is 11.3 Å². The van der Waals surface area contributed by atoms with Crippen LogP contribution in [-0.4, -0.2) is 54.5 Å². The molecule has 9 nitrogen and oxygen atoms in total. The van der Waals surface area contributed by atoms with Gasteiger partial charge in [-0.05, 0) is 6.07 Å². The highest BCUT2D eigenvalue weighted by Crippen LogP contribution is 2.30. The van der Waals surface area contributed by atoms with Crippen LogP contribution in [0.25, 0.3) is 10.3 Å². The quantitative estimate of drug-likeness (QED) is 0.281. The number of carbonyl (C=O) groups excluding carboxylic acids is 1. The number of aldehydes is 1. The number of halogens is 1. The summed E-state index contributed by atoms with van der Waals surface area (Å²) in [6.07, 6.45) is 5.85. The number of aromatic amines is 2. The number of nitrogens with zero attached hydrogens (tertiary/aromatic N) is 6. The van der Waals surface area contributed by atoms with Crippen LogP contribution in [-0.2, 0) is 20.0 Å². The summed E-state index contributed by atoms with van der Waals surface area (Å²) in [7, 11) is 3.51. The number of hydrazone groups is 1. The molecule has 11 heteroatoms. The van der Waals surface area contributed by atoms with Gasteiger partial charge in [0.2, 0.25) is 0 Å². The molecule has 0 aliphatic rings. The van der Waals surface area contributed by atoms with Crippen LogP contribution in [0.2, 0.25) is 0 Å². The average Bonchev–Trinajstić information content (AvgIpc) is 3.43. The number of carbonyl (C=O) groups is 1. The van der Waals surface area contributed by atoms with Crippen LogP contribution >= 0.6 is 11.3 Å². The Morgan fingerprint density at radius 2 is 2.25 bits per heavy atom. The first-order valence-electron chi connectivity index (χ1n) is 8.41. The van der Waals surface area contributed by atoms with E-state index < -0.39 is 5.82 Å². The van der Waals surface area contributed by atoms with Crippen LogP contribution in [0.3, 0.4) is 0 Å². The molecule has 0 spiro atoms. The van der Waals surface area contributed by atoms with Crippen molar-refractivity contribution in [1.29, 1.82) is 0 Å². The van der Waals surface area contributed by atoms with E-state index in [2.05, 4.69) is 30.5 Å². The van der Waals surface area contributed by atoms with Crippen LogP contribution in [0.5, 0.6) is 0 Å². The Kier molecular flexibility index (Phi) is 4.74. The van der Waals surface area contributed by atoms with E-state index in [4.69, 9.17) is 0 Å². The molecule has 0 aliphatic heterocycles. The first-order chi connectivity index (χ1) is 13.6. The largest absolute Gasteiger partial charge is 0.325 e. The van der Waals surface area contributed by atoms with Gasteiger partial charge in [-0.15, -0.1) is 11.3 Å². The molecule has 0 amide bonds. The minimum Gasteiger partial charge on any atom is -0.325 e. The lowest BCUT2D eigenvalue weighted by Gasteiger charge is -2.10. The number of aryl methyl sites for hydroxylation is 1. The van der Waals surface area contributed by atoms with Crippen LogP contribution in [0.1, 0.15) is 32.4 Å². The molecule has 0 atom stereocenters. The topological polar surface area (TPSA) is 108 Å². The Balaban J connectivity index is 1.63. The van der Waals surface area contributed by atoms with Crippen molar-refractivity contribution in [3.8, 4) is 0 Å². The van der Waals surface area contributed by atoms with Crippen molar-refractivity contribution in [3.63, 3.8) is 0 Å². The Hall–Kier alpha value is -3.34. The lowest BCUT2D eigenvalue weighted by Crippen LogP contribution is -2.12. The van der Waals surface area contributed by atoms with E-state index in [9.17, 15) is 9.18 Å². The lowest BCUT2D eigenvalue weighted by molar-refractivity contribution is 0.111. The monoisotopic (exact) mass is 400 g/mol. The third-order valence-corrected chi connectivity index (χ3v) is 5.38. The first-order valence-corrected chi connectivity index (χ1v) is 9.23. The highest BCUT2D eigenvalue weighted by molar-refractivity contribution is 7.19. The molecule has 4 aromatic rings. The molecule has 0 radical (unpaired) electrons. The van der Waals surface area contributed by atoms with Gasteiger partial charge in [-0.3, -0.25) is 20.0 Å². The molecule has 28 heavy (non-hydrogen) atoms. The van der Waals surface area contributed by atoms with Gasteiger partial charge in [0, 0.05) is 38.0 Å². The molecule has 0 saturated heterocycles. The van der Waals surface area contributed by atoms with Gasteiger partial charge in [-0.1, -0.05) is 0 Å². The molecule has 0 saturated carbocycles. The fourth-order valence-electron chi connectivity index (χ4n) is 2.89. The molecule has 4 rings (SSSR count). The standard InChI is InChI=1S/C17H17FN8OS/c1-25(8-13-12(18)7-20-24-13)21-6-11-14(9-27)26(2)17-16(11)28-15(22-17)5-10-3-4-19-23-10/h3-4,6-7,9H,5,8H2,1-2H3,(H,19,23)(H,20,24)/b21-6-. The maximum atomic E-state index is 13.5. The van der Waals surface area contributed by atoms with E-state index in [0.29, 0.717) is 23.4 Å². The average molecular weight is 400 g/mol. The molecule has 0 bridgehead atoms. The SMILES string of the molecule is CN(Cc1[nH]ncc1F)/N=C\c1c(C=O)n(C)c2nc(Cc3ccn[nH]3)sc12. The molecule has 0 aromatic carbocycles. The fraction of sp³-hybridized carbons (Fsp3) is 0.235. The van der Waals surface area contributed by atoms with Gasteiger partial charge >= 0.3 is 0 Å². The first kappa shape index (κ1) is 18.0. The number of hydrogen-bond donors (Lipinski definition) is 2. The van der Waals surface area contributed by atoms with Gasteiger partial charge in [0.05, 0.1) is 35.0 Å². The number of thiazole rings is 1. The molecule has 4 heterocycles. The van der Waals surface area contributed by atoms with Gasteiger partial charge < -0.3 is 4.57 Å². The van der Waals surface area contributed by atoms with Gasteiger partial charge in [-0.2, -0.15) is 15.3 Å². The summed E-state index contributed by atoms with van der Waals surface area (Å²) in [5, 5.41) is 19.9. The Labute approximate surface area is 162 Å². The minimum atomic E-state index is -0.413. The molecule has 0 fully saturated rings. The van der Waals surface area contributed by atoms with E-state index >= 15 is 0 Å². The van der Waals surface area contributed by atoms with E-state index in [0.717, 1.165) is 33.5 Å². The summed E-state index contributed by atoms with van der Waals surface area (Å²) in [6, 6.07) is 1.90. The van der Waals surface area contributed by atoms with Crippen molar-refractivity contribution < 1.29 is 9.18 Å². The second kappa shape index (κ2) is 7.35. The lowest BCUT2D eigenvalue weighted by atomic mass is 10.3. The molecule has 2 N–H and O–H groups in total. The van der Waals surface area contributed by atoms with Crippen LogP contribution < -0.4 is 0 Å². The predicted octanol–water partition coefficient (Wildman–Crippen LogP) is 2.09. The van der Waals surface area contributed by atoms with Gasteiger partial charge in [0.25, 0.3) is 0 Å². The van der Waals surface area contributed by atoms with E-state index in [-0.39, 0.29) is 6.54 Å². The number of aromatic nitrogens is 6. The highest BCUT2D eigenvalue weighted by Gasteiger charge is 2.19. The summed E-state index contributed by atoms with van der Waals surface area (Å²) in [6.45, 7) is 0.225. The van der Waals surface area contributed by atoms with E-state index in [1.54, 1.807) is 36.1 Å². The van der Waals surface area contributed by atoms with Crippen molar-refractivity contribution in [2.75, 3.05) is 7.05 Å².